The lowest BCUT2D eigenvalue weighted by molar-refractivity contribution is -0.192. The Morgan fingerprint density at radius 1 is 1.34 bits per heavy atom. The van der Waals surface area contributed by atoms with E-state index in [2.05, 4.69) is 11.9 Å². The third kappa shape index (κ3) is 7.18. The van der Waals surface area contributed by atoms with Crippen LogP contribution in [0.5, 0.6) is 0 Å². The number of alkyl halides is 3. The lowest BCUT2D eigenvalue weighted by atomic mass is 9.92. The van der Waals surface area contributed by atoms with Crippen LogP contribution in [0.1, 0.15) is 38.2 Å². The molecule has 0 bridgehead atoms. The van der Waals surface area contributed by atoms with Gasteiger partial charge < -0.3 is 14.7 Å². The molecule has 29 heavy (non-hydrogen) atoms. The molecule has 0 aliphatic carbocycles. The molecule has 10 heteroatoms. The predicted molar refractivity (Wildman–Crippen MR) is 102 cm³/mol. The minimum atomic E-state index is -5.08. The zero-order valence-corrected chi connectivity index (χ0v) is 17.0. The maximum atomic E-state index is 12.0. The van der Waals surface area contributed by atoms with E-state index in [1.807, 2.05) is 28.8 Å². The molecule has 1 unspecified atom stereocenters. The quantitative estimate of drug-likeness (QED) is 0.738. The van der Waals surface area contributed by atoms with Crippen LogP contribution >= 0.6 is 11.8 Å². The number of unbranched alkanes of at least 4 members (excludes halogenated alkanes) is 1. The summed E-state index contributed by atoms with van der Waals surface area (Å²) in [6.45, 7) is 4.61. The van der Waals surface area contributed by atoms with E-state index in [1.165, 1.54) is 5.56 Å². The van der Waals surface area contributed by atoms with Gasteiger partial charge in [0.15, 0.2) is 0 Å². The Morgan fingerprint density at radius 2 is 1.97 bits per heavy atom. The molecule has 1 spiro atoms. The third-order valence-corrected chi connectivity index (χ3v) is 6.28. The number of pyridine rings is 1. The first-order valence-corrected chi connectivity index (χ1v) is 10.4. The zero-order chi connectivity index (χ0) is 21.5. The van der Waals surface area contributed by atoms with Crippen molar-refractivity contribution in [2.24, 2.45) is 0 Å². The van der Waals surface area contributed by atoms with E-state index in [-0.39, 0.29) is 4.75 Å². The van der Waals surface area contributed by atoms with Crippen LogP contribution in [0.3, 0.4) is 0 Å². The number of carboxylic acids is 1. The number of carbonyl (C=O) groups excluding carboxylic acids is 1. The molecule has 1 N–H and O–H groups in total. The molecule has 0 aromatic carbocycles. The molecular formula is C19H25F3N2O4S. The summed E-state index contributed by atoms with van der Waals surface area (Å²) in [6, 6.07) is 3.99. The largest absolute Gasteiger partial charge is 0.490 e. The summed E-state index contributed by atoms with van der Waals surface area (Å²) < 4.78 is 38.0. The summed E-state index contributed by atoms with van der Waals surface area (Å²) in [7, 11) is 0. The Balaban J connectivity index is 0.000000370. The first-order chi connectivity index (χ1) is 13.6. The number of carboxylic acid groups (broad SMARTS) is 1. The van der Waals surface area contributed by atoms with Gasteiger partial charge in [-0.15, -0.1) is 11.8 Å². The molecule has 2 aliphatic heterocycles. The van der Waals surface area contributed by atoms with Gasteiger partial charge in [-0.1, -0.05) is 13.3 Å². The SMILES string of the molecule is CCCCC(=O)N1CC2(CC(OCc3ccncc3)CS2)C1.O=C(O)C(F)(F)F. The zero-order valence-electron chi connectivity index (χ0n) is 16.2. The minimum absolute atomic E-state index is 0.269. The number of hydrogen-bond acceptors (Lipinski definition) is 5. The Hall–Kier alpha value is -1.81. The van der Waals surface area contributed by atoms with Crippen molar-refractivity contribution in [3.8, 4) is 0 Å². The van der Waals surface area contributed by atoms with Gasteiger partial charge in [0.25, 0.3) is 0 Å². The number of ether oxygens (including phenoxy) is 1. The molecule has 1 atom stereocenters. The standard InChI is InChI=1S/C17H24N2O2S.C2HF3O2/c1-2-3-4-16(20)19-12-17(13-19)9-15(11-22-17)21-10-14-5-7-18-8-6-14;3-2(4,5)1(6)7/h5-8,15H,2-4,9-13H2,1H3;(H,6,7). The topological polar surface area (TPSA) is 79.7 Å². The van der Waals surface area contributed by atoms with Crippen LogP contribution in [-0.4, -0.2) is 62.7 Å². The molecule has 0 saturated carbocycles. The lowest BCUT2D eigenvalue weighted by Gasteiger charge is -2.47. The second-order valence-corrected chi connectivity index (χ2v) is 8.63. The highest BCUT2D eigenvalue weighted by molar-refractivity contribution is 8.01. The molecule has 1 aromatic heterocycles. The maximum Gasteiger partial charge on any atom is 0.490 e. The van der Waals surface area contributed by atoms with Gasteiger partial charge in [-0.3, -0.25) is 9.78 Å². The van der Waals surface area contributed by atoms with Crippen molar-refractivity contribution < 1.29 is 32.6 Å². The van der Waals surface area contributed by atoms with Crippen molar-refractivity contribution in [3.63, 3.8) is 0 Å². The van der Waals surface area contributed by atoms with E-state index in [4.69, 9.17) is 14.6 Å². The first kappa shape index (κ1) is 23.5. The normalized spacial score (nSPS) is 20.0. The number of halogens is 3. The highest BCUT2D eigenvalue weighted by Crippen LogP contribution is 2.46. The summed E-state index contributed by atoms with van der Waals surface area (Å²) >= 11 is 1.99. The van der Waals surface area contributed by atoms with Crippen molar-refractivity contribution in [2.75, 3.05) is 18.8 Å². The number of aliphatic carboxylic acids is 1. The van der Waals surface area contributed by atoms with Gasteiger partial charge in [-0.25, -0.2) is 4.79 Å². The second kappa shape index (κ2) is 10.3. The molecule has 0 radical (unpaired) electrons. The summed E-state index contributed by atoms with van der Waals surface area (Å²) in [6.07, 6.45) is 2.70. The number of aromatic nitrogens is 1. The first-order valence-electron chi connectivity index (χ1n) is 9.37. The van der Waals surface area contributed by atoms with Gasteiger partial charge in [0.1, 0.15) is 0 Å². The Kier molecular flexibility index (Phi) is 8.33. The fourth-order valence-electron chi connectivity index (χ4n) is 3.13. The Morgan fingerprint density at radius 3 is 2.52 bits per heavy atom. The van der Waals surface area contributed by atoms with E-state index < -0.39 is 12.1 Å². The van der Waals surface area contributed by atoms with Gasteiger partial charge in [0.2, 0.25) is 5.91 Å². The summed E-state index contributed by atoms with van der Waals surface area (Å²) in [5, 5.41) is 7.12. The van der Waals surface area contributed by atoms with Crippen LogP contribution in [0, 0.1) is 0 Å². The van der Waals surface area contributed by atoms with E-state index in [0.717, 1.165) is 38.1 Å². The fraction of sp³-hybridized carbons (Fsp3) is 0.632. The van der Waals surface area contributed by atoms with Crippen molar-refractivity contribution in [2.45, 2.75) is 56.2 Å². The molecule has 162 valence electrons. The van der Waals surface area contributed by atoms with Crippen molar-refractivity contribution >= 4 is 23.6 Å². The summed E-state index contributed by atoms with van der Waals surface area (Å²) in [5.41, 5.74) is 1.17. The van der Waals surface area contributed by atoms with Crippen LogP contribution in [-0.2, 0) is 20.9 Å². The van der Waals surface area contributed by atoms with E-state index in [1.54, 1.807) is 12.4 Å². The van der Waals surface area contributed by atoms with Gasteiger partial charge in [0, 0.05) is 37.7 Å². The van der Waals surface area contributed by atoms with Crippen LogP contribution in [0.15, 0.2) is 24.5 Å². The summed E-state index contributed by atoms with van der Waals surface area (Å²) in [4.78, 5) is 26.9. The van der Waals surface area contributed by atoms with Gasteiger partial charge in [-0.05, 0) is 30.5 Å². The minimum Gasteiger partial charge on any atom is -0.475 e. The molecule has 2 aliphatic rings. The number of thioether (sulfide) groups is 1. The highest BCUT2D eigenvalue weighted by atomic mass is 32.2. The molecule has 3 heterocycles. The smallest absolute Gasteiger partial charge is 0.475 e. The molecule has 3 rings (SSSR count). The van der Waals surface area contributed by atoms with Crippen LogP contribution in [0.25, 0.3) is 0 Å². The average Bonchev–Trinajstić information content (AvgIpc) is 3.08. The van der Waals surface area contributed by atoms with E-state index >= 15 is 0 Å². The number of hydrogen-bond donors (Lipinski definition) is 1. The number of rotatable bonds is 6. The van der Waals surface area contributed by atoms with Gasteiger partial charge in [0.05, 0.1) is 17.5 Å². The third-order valence-electron chi connectivity index (χ3n) is 4.71. The molecule has 1 aromatic rings. The Labute approximate surface area is 171 Å². The average molecular weight is 434 g/mol. The number of nitrogens with zero attached hydrogens (tertiary/aromatic N) is 2. The molecular weight excluding hydrogens is 409 g/mol. The van der Waals surface area contributed by atoms with Crippen molar-refractivity contribution in [1.82, 2.24) is 9.88 Å². The number of likely N-dealkylation sites (tertiary alicyclic amines) is 1. The van der Waals surface area contributed by atoms with E-state index in [0.29, 0.717) is 25.0 Å². The van der Waals surface area contributed by atoms with Gasteiger partial charge >= 0.3 is 12.1 Å². The molecule has 1 amide bonds. The monoisotopic (exact) mass is 434 g/mol. The van der Waals surface area contributed by atoms with Crippen molar-refractivity contribution in [3.05, 3.63) is 30.1 Å². The fourth-order valence-corrected chi connectivity index (χ4v) is 4.69. The lowest BCUT2D eigenvalue weighted by Crippen LogP contribution is -2.60. The van der Waals surface area contributed by atoms with Crippen LogP contribution < -0.4 is 0 Å². The molecule has 6 nitrogen and oxygen atoms in total. The second-order valence-electron chi connectivity index (χ2n) is 7.14. The maximum absolute atomic E-state index is 12.0. The van der Waals surface area contributed by atoms with Crippen molar-refractivity contribution in [1.29, 1.82) is 0 Å². The molecule has 2 fully saturated rings. The summed E-state index contributed by atoms with van der Waals surface area (Å²) in [5.74, 6) is -1.39. The van der Waals surface area contributed by atoms with Crippen LogP contribution in [0.4, 0.5) is 13.2 Å². The molecule has 2 saturated heterocycles. The van der Waals surface area contributed by atoms with Crippen LogP contribution in [0.2, 0.25) is 0 Å². The number of amides is 1. The van der Waals surface area contributed by atoms with Gasteiger partial charge in [-0.2, -0.15) is 13.2 Å². The predicted octanol–water partition coefficient (Wildman–Crippen LogP) is 3.51. The Bertz CT molecular complexity index is 682. The van der Waals surface area contributed by atoms with E-state index in [9.17, 15) is 18.0 Å². The highest BCUT2D eigenvalue weighted by Gasteiger charge is 2.50. The number of carbonyl (C=O) groups is 2.